The molecule has 4 amide bonds. The normalized spacial score (nSPS) is 13.8. The summed E-state index contributed by atoms with van der Waals surface area (Å²) in [7, 11) is 0. The average Bonchev–Trinajstić information content (AvgIpc) is 3.18. The highest BCUT2D eigenvalue weighted by Crippen LogP contribution is 2.36. The molecular weight excluding hydrogens is 530 g/mol. The third-order valence-corrected chi connectivity index (χ3v) is 6.43. The van der Waals surface area contributed by atoms with Gasteiger partial charge in [0.1, 0.15) is 18.8 Å². The van der Waals surface area contributed by atoms with Crippen LogP contribution >= 0.6 is 11.6 Å². The quantitative estimate of drug-likeness (QED) is 0.173. The lowest BCUT2D eigenvalue weighted by molar-refractivity contribution is -0.127. The van der Waals surface area contributed by atoms with Crippen molar-refractivity contribution < 1.29 is 23.9 Å². The van der Waals surface area contributed by atoms with Crippen LogP contribution in [0.4, 0.5) is 10.5 Å². The fourth-order valence-electron chi connectivity index (χ4n) is 4.13. The second kappa shape index (κ2) is 13.0. The van der Waals surface area contributed by atoms with E-state index >= 15 is 0 Å². The maximum absolute atomic E-state index is 13.0. The van der Waals surface area contributed by atoms with E-state index in [9.17, 15) is 14.4 Å². The number of nitrogens with one attached hydrogen (secondary N) is 2. The van der Waals surface area contributed by atoms with Crippen LogP contribution in [0.2, 0.25) is 5.02 Å². The molecule has 1 saturated heterocycles. The van der Waals surface area contributed by atoms with Gasteiger partial charge in [-0.05, 0) is 62.2 Å². The van der Waals surface area contributed by atoms with Crippen molar-refractivity contribution in [2.75, 3.05) is 18.5 Å². The van der Waals surface area contributed by atoms with Gasteiger partial charge in [0.25, 0.3) is 5.91 Å². The summed E-state index contributed by atoms with van der Waals surface area (Å²) in [4.78, 5) is 39.0. The Morgan fingerprint density at radius 2 is 1.82 bits per heavy atom. The van der Waals surface area contributed by atoms with E-state index in [-0.39, 0.29) is 12.3 Å². The van der Waals surface area contributed by atoms with Gasteiger partial charge in [0.15, 0.2) is 11.5 Å². The molecule has 40 heavy (non-hydrogen) atoms. The van der Waals surface area contributed by atoms with Gasteiger partial charge in [0, 0.05) is 21.8 Å². The van der Waals surface area contributed by atoms with Crippen molar-refractivity contribution in [1.82, 2.24) is 10.2 Å². The maximum atomic E-state index is 13.0. The second-order valence-electron chi connectivity index (χ2n) is 9.11. The summed E-state index contributed by atoms with van der Waals surface area (Å²) >= 11 is 6.30. The molecule has 2 N–H and O–H groups in total. The summed E-state index contributed by atoms with van der Waals surface area (Å²) in [5.41, 5.74) is 3.89. The van der Waals surface area contributed by atoms with Gasteiger partial charge in [-0.15, -0.1) is 6.58 Å². The summed E-state index contributed by atoms with van der Waals surface area (Å²) in [6.45, 7) is 7.84. The van der Waals surface area contributed by atoms with Crippen LogP contribution in [0.5, 0.6) is 11.5 Å². The zero-order valence-corrected chi connectivity index (χ0v) is 23.1. The molecule has 3 aromatic carbocycles. The summed E-state index contributed by atoms with van der Waals surface area (Å²) in [6.07, 6.45) is 3.76. The lowest BCUT2D eigenvalue weighted by atomic mass is 10.0. The van der Waals surface area contributed by atoms with Crippen LogP contribution in [0.25, 0.3) is 6.08 Å². The van der Waals surface area contributed by atoms with Gasteiger partial charge in [-0.3, -0.25) is 9.59 Å². The first-order chi connectivity index (χ1) is 19.3. The summed E-state index contributed by atoms with van der Waals surface area (Å²) in [5.74, 6) is -0.0706. The standard InChI is InChI=1S/C31H30ClN3O5/c1-4-8-22-15-21(17-27(39-5-2)29(22)40-19-23-9-6-7-10-25(23)32)16-26-30(37)35(31(38)34-26)18-28(36)33-24-13-11-20(3)12-14-24/h4,6-7,9-17H,1,5,8,18-19H2,2-3H3,(H,33,36)(H,34,38)/b26-16+. The molecule has 0 radical (unpaired) electrons. The Balaban J connectivity index is 1.55. The number of hydrogen-bond acceptors (Lipinski definition) is 5. The predicted molar refractivity (Wildman–Crippen MR) is 155 cm³/mol. The largest absolute Gasteiger partial charge is 0.490 e. The molecule has 206 valence electrons. The molecule has 0 aliphatic carbocycles. The summed E-state index contributed by atoms with van der Waals surface area (Å²) < 4.78 is 12.0. The number of hydrogen-bond donors (Lipinski definition) is 2. The van der Waals surface area contributed by atoms with E-state index in [1.165, 1.54) is 0 Å². The first-order valence-electron chi connectivity index (χ1n) is 12.8. The molecule has 8 nitrogen and oxygen atoms in total. The Kier molecular flexibility index (Phi) is 9.24. The molecule has 0 unspecified atom stereocenters. The highest BCUT2D eigenvalue weighted by molar-refractivity contribution is 6.31. The van der Waals surface area contributed by atoms with E-state index in [1.807, 2.05) is 50.2 Å². The van der Waals surface area contributed by atoms with Crippen LogP contribution < -0.4 is 20.1 Å². The minimum absolute atomic E-state index is 0.0462. The lowest BCUT2D eigenvalue weighted by Crippen LogP contribution is -2.38. The average molecular weight is 560 g/mol. The summed E-state index contributed by atoms with van der Waals surface area (Å²) in [6, 6.07) is 17.5. The van der Waals surface area contributed by atoms with Crippen molar-refractivity contribution in [3.8, 4) is 11.5 Å². The molecule has 9 heteroatoms. The first-order valence-corrected chi connectivity index (χ1v) is 13.1. The number of carbonyl (C=O) groups excluding carboxylic acids is 3. The van der Waals surface area contributed by atoms with Gasteiger partial charge >= 0.3 is 6.03 Å². The van der Waals surface area contributed by atoms with Crippen LogP contribution in [0.1, 0.15) is 29.2 Å². The number of carbonyl (C=O) groups is 3. The third-order valence-electron chi connectivity index (χ3n) is 6.06. The SMILES string of the molecule is C=CCc1cc(/C=C2/NC(=O)N(CC(=O)Nc3ccc(C)cc3)C2=O)cc(OCC)c1OCc1ccccc1Cl. The Morgan fingerprint density at radius 3 is 2.52 bits per heavy atom. The van der Waals surface area contributed by atoms with Crippen LogP contribution in [0, 0.1) is 6.92 Å². The van der Waals surface area contributed by atoms with Gasteiger partial charge in [0.2, 0.25) is 5.91 Å². The number of benzene rings is 3. The number of rotatable bonds is 11. The first kappa shape index (κ1) is 28.4. The van der Waals surface area contributed by atoms with E-state index in [2.05, 4.69) is 17.2 Å². The molecule has 0 bridgehead atoms. The third kappa shape index (κ3) is 6.90. The number of halogens is 1. The molecule has 0 spiro atoms. The highest BCUT2D eigenvalue weighted by atomic mass is 35.5. The number of anilines is 1. The molecule has 0 atom stereocenters. The van der Waals surface area contributed by atoms with Crippen LogP contribution in [0.15, 0.2) is 79.0 Å². The van der Waals surface area contributed by atoms with Gasteiger partial charge < -0.3 is 20.1 Å². The molecular formula is C31H30ClN3O5. The second-order valence-corrected chi connectivity index (χ2v) is 9.51. The van der Waals surface area contributed by atoms with Crippen molar-refractivity contribution in [1.29, 1.82) is 0 Å². The molecule has 1 aliphatic rings. The topological polar surface area (TPSA) is 97.0 Å². The summed E-state index contributed by atoms with van der Waals surface area (Å²) in [5, 5.41) is 5.86. The van der Waals surface area contributed by atoms with Crippen LogP contribution in [-0.4, -0.2) is 35.9 Å². The van der Waals surface area contributed by atoms with Crippen molar-refractivity contribution in [3.63, 3.8) is 0 Å². The maximum Gasteiger partial charge on any atom is 0.329 e. The van der Waals surface area contributed by atoms with Crippen molar-refractivity contribution in [2.24, 2.45) is 0 Å². The zero-order valence-electron chi connectivity index (χ0n) is 22.3. The van der Waals surface area contributed by atoms with Gasteiger partial charge in [-0.2, -0.15) is 0 Å². The highest BCUT2D eigenvalue weighted by Gasteiger charge is 2.35. The van der Waals surface area contributed by atoms with E-state index in [0.29, 0.717) is 40.8 Å². The van der Waals surface area contributed by atoms with E-state index < -0.39 is 24.4 Å². The van der Waals surface area contributed by atoms with Gasteiger partial charge in [0.05, 0.1) is 6.61 Å². The fourth-order valence-corrected chi connectivity index (χ4v) is 4.32. The van der Waals surface area contributed by atoms with Gasteiger partial charge in [-0.25, -0.2) is 9.69 Å². The Hall–Kier alpha value is -4.56. The molecule has 1 fully saturated rings. The van der Waals surface area contributed by atoms with E-state index in [0.717, 1.165) is 21.6 Å². The van der Waals surface area contributed by atoms with Crippen molar-refractivity contribution in [3.05, 3.63) is 106 Å². The fraction of sp³-hybridized carbons (Fsp3) is 0.194. The number of allylic oxidation sites excluding steroid dienone is 1. The number of imide groups is 1. The Morgan fingerprint density at radius 1 is 1.07 bits per heavy atom. The van der Waals surface area contributed by atoms with Crippen molar-refractivity contribution >= 4 is 41.2 Å². The minimum atomic E-state index is -0.675. The smallest absolute Gasteiger partial charge is 0.329 e. The zero-order chi connectivity index (χ0) is 28.6. The van der Waals surface area contributed by atoms with Crippen molar-refractivity contribution in [2.45, 2.75) is 26.9 Å². The van der Waals surface area contributed by atoms with Gasteiger partial charge in [-0.1, -0.05) is 53.6 Å². The molecule has 0 aromatic heterocycles. The number of amides is 4. The van der Waals surface area contributed by atoms with E-state index in [4.69, 9.17) is 21.1 Å². The monoisotopic (exact) mass is 559 g/mol. The number of ether oxygens (including phenoxy) is 2. The minimum Gasteiger partial charge on any atom is -0.490 e. The Bertz CT molecular complexity index is 1470. The molecule has 3 aromatic rings. The molecule has 1 heterocycles. The predicted octanol–water partition coefficient (Wildman–Crippen LogP) is 5.89. The number of aryl methyl sites for hydroxylation is 1. The van der Waals surface area contributed by atoms with E-state index in [1.54, 1.807) is 36.4 Å². The molecule has 0 saturated carbocycles. The Labute approximate surface area is 238 Å². The number of nitrogens with zero attached hydrogens (tertiary/aromatic N) is 1. The molecule has 1 aliphatic heterocycles. The van der Waals surface area contributed by atoms with Crippen LogP contribution in [0.3, 0.4) is 0 Å². The molecule has 4 rings (SSSR count). The lowest BCUT2D eigenvalue weighted by Gasteiger charge is -2.17. The number of urea groups is 1. The van der Waals surface area contributed by atoms with Crippen LogP contribution in [-0.2, 0) is 22.6 Å².